The first-order valence-electron chi connectivity index (χ1n) is 10.6. The number of hydrogen-bond donors (Lipinski definition) is 1. The van der Waals surface area contributed by atoms with Gasteiger partial charge in [0.25, 0.3) is 5.91 Å². The molecule has 4 aromatic rings. The Morgan fingerprint density at radius 1 is 0.971 bits per heavy atom. The fourth-order valence-corrected chi connectivity index (χ4v) is 3.73. The van der Waals surface area contributed by atoms with Crippen molar-refractivity contribution in [2.75, 3.05) is 0 Å². The summed E-state index contributed by atoms with van der Waals surface area (Å²) in [6.45, 7) is 0.927. The summed E-state index contributed by atoms with van der Waals surface area (Å²) in [7, 11) is 0. The van der Waals surface area contributed by atoms with Gasteiger partial charge in [-0.3, -0.25) is 9.69 Å². The summed E-state index contributed by atoms with van der Waals surface area (Å²) in [6, 6.07) is 15.8. The van der Waals surface area contributed by atoms with Crippen molar-refractivity contribution in [2.24, 2.45) is 0 Å². The number of furan rings is 1. The van der Waals surface area contributed by atoms with Crippen molar-refractivity contribution >= 4 is 17.5 Å². The van der Waals surface area contributed by atoms with Crippen LogP contribution in [0.25, 0.3) is 0 Å². The second-order valence-corrected chi connectivity index (χ2v) is 8.30. The van der Waals surface area contributed by atoms with E-state index in [0.717, 1.165) is 17.7 Å². The molecule has 0 spiro atoms. The number of benzene rings is 2. The van der Waals surface area contributed by atoms with Crippen LogP contribution in [0.15, 0.2) is 82.0 Å². The minimum absolute atomic E-state index is 0.0910. The highest BCUT2D eigenvalue weighted by atomic mass is 35.5. The van der Waals surface area contributed by atoms with Gasteiger partial charge in [-0.05, 0) is 41.5 Å². The zero-order chi connectivity index (χ0) is 24.8. The molecular formula is C25H21ClF3N3O3. The van der Waals surface area contributed by atoms with Crippen LogP contribution in [0.3, 0.4) is 0 Å². The molecule has 0 aliphatic rings. The van der Waals surface area contributed by atoms with Crippen molar-refractivity contribution in [3.63, 3.8) is 0 Å². The lowest BCUT2D eigenvalue weighted by Crippen LogP contribution is -2.24. The highest BCUT2D eigenvalue weighted by molar-refractivity contribution is 6.30. The molecule has 0 fully saturated rings. The number of nitrogens with one attached hydrogen (secondary N) is 1. The molecule has 0 atom stereocenters. The summed E-state index contributed by atoms with van der Waals surface area (Å²) < 4.78 is 50.2. The first-order chi connectivity index (χ1) is 16.8. The molecule has 0 radical (unpaired) electrons. The molecular weight excluding hydrogens is 483 g/mol. The van der Waals surface area contributed by atoms with E-state index in [1.165, 1.54) is 18.6 Å². The van der Waals surface area contributed by atoms with E-state index in [0.29, 0.717) is 22.9 Å². The molecule has 6 nitrogen and oxygen atoms in total. The van der Waals surface area contributed by atoms with Gasteiger partial charge >= 0.3 is 6.18 Å². The largest absolute Gasteiger partial charge is 0.467 e. The summed E-state index contributed by atoms with van der Waals surface area (Å²) in [5.41, 5.74) is 0.718. The van der Waals surface area contributed by atoms with E-state index < -0.39 is 17.6 Å². The Morgan fingerprint density at radius 3 is 2.40 bits per heavy atom. The number of amides is 1. The maximum Gasteiger partial charge on any atom is 0.416 e. The van der Waals surface area contributed by atoms with Gasteiger partial charge in [0.1, 0.15) is 12.0 Å². The molecule has 0 bridgehead atoms. The van der Waals surface area contributed by atoms with Crippen LogP contribution < -0.4 is 5.32 Å². The number of aromatic nitrogens is 1. The average molecular weight is 504 g/mol. The predicted octanol–water partition coefficient (Wildman–Crippen LogP) is 6.07. The van der Waals surface area contributed by atoms with Gasteiger partial charge in [-0.25, -0.2) is 4.98 Å². The monoisotopic (exact) mass is 503 g/mol. The molecule has 0 saturated carbocycles. The lowest BCUT2D eigenvalue weighted by Gasteiger charge is -2.21. The molecule has 1 N–H and O–H groups in total. The number of carbonyl (C=O) groups is 1. The van der Waals surface area contributed by atoms with Crippen LogP contribution in [-0.2, 0) is 32.4 Å². The average Bonchev–Trinajstić information content (AvgIpc) is 3.49. The lowest BCUT2D eigenvalue weighted by atomic mass is 10.1. The van der Waals surface area contributed by atoms with E-state index in [-0.39, 0.29) is 31.2 Å². The van der Waals surface area contributed by atoms with Crippen molar-refractivity contribution in [3.8, 4) is 0 Å². The third-order valence-corrected chi connectivity index (χ3v) is 5.34. The zero-order valence-electron chi connectivity index (χ0n) is 18.4. The van der Waals surface area contributed by atoms with Crippen LogP contribution >= 0.6 is 11.6 Å². The number of halogens is 4. The minimum Gasteiger partial charge on any atom is -0.467 e. The van der Waals surface area contributed by atoms with Gasteiger partial charge in [-0.2, -0.15) is 13.2 Å². The highest BCUT2D eigenvalue weighted by Crippen LogP contribution is 2.30. The Bertz CT molecular complexity index is 1270. The SMILES string of the molecule is O=C(NCc1ccco1)c1coc(CN(Cc2cccc(Cl)c2)Cc2cccc(C(F)(F)F)c2)n1. The van der Waals surface area contributed by atoms with E-state index in [1.807, 2.05) is 11.0 Å². The number of nitrogens with zero attached hydrogens (tertiary/aromatic N) is 2. The number of hydrogen-bond acceptors (Lipinski definition) is 5. The topological polar surface area (TPSA) is 71.5 Å². The van der Waals surface area contributed by atoms with Gasteiger partial charge < -0.3 is 14.2 Å². The molecule has 4 rings (SSSR count). The normalized spacial score (nSPS) is 11.7. The Hall–Kier alpha value is -3.56. The van der Waals surface area contributed by atoms with Gasteiger partial charge in [-0.1, -0.05) is 41.9 Å². The van der Waals surface area contributed by atoms with E-state index >= 15 is 0 Å². The first kappa shape index (κ1) is 24.6. The Kier molecular flexibility index (Phi) is 7.57. The number of carbonyl (C=O) groups excluding carboxylic acids is 1. The molecule has 10 heteroatoms. The van der Waals surface area contributed by atoms with Crippen molar-refractivity contribution in [1.82, 2.24) is 15.2 Å². The standard InChI is InChI=1S/C25H21ClF3N3O3/c26-20-7-2-5-18(11-20)14-32(13-17-4-1-6-19(10-17)25(27,28)29)15-23-31-22(16-35-23)24(33)30-12-21-8-3-9-34-21/h1-11,16H,12-15H2,(H,30,33). The van der Waals surface area contributed by atoms with E-state index in [9.17, 15) is 18.0 Å². The Balaban J connectivity index is 1.49. The summed E-state index contributed by atoms with van der Waals surface area (Å²) in [4.78, 5) is 18.5. The van der Waals surface area contributed by atoms with Crippen LogP contribution in [0.1, 0.15) is 38.8 Å². The van der Waals surface area contributed by atoms with E-state index in [2.05, 4.69) is 10.3 Å². The molecule has 1 amide bonds. The van der Waals surface area contributed by atoms with Crippen molar-refractivity contribution in [2.45, 2.75) is 32.4 Å². The second kappa shape index (κ2) is 10.8. The van der Waals surface area contributed by atoms with Gasteiger partial charge in [-0.15, -0.1) is 0 Å². The molecule has 2 aromatic carbocycles. The third kappa shape index (κ3) is 6.97. The first-order valence-corrected chi connectivity index (χ1v) is 11.0. The second-order valence-electron chi connectivity index (χ2n) is 7.86. The number of oxazole rings is 1. The fourth-order valence-electron chi connectivity index (χ4n) is 3.52. The quantitative estimate of drug-likeness (QED) is 0.300. The summed E-state index contributed by atoms with van der Waals surface area (Å²) in [5, 5.41) is 3.23. The van der Waals surface area contributed by atoms with Crippen LogP contribution in [-0.4, -0.2) is 15.8 Å². The van der Waals surface area contributed by atoms with Crippen LogP contribution in [0.2, 0.25) is 5.02 Å². The number of rotatable bonds is 9. The smallest absolute Gasteiger partial charge is 0.416 e. The van der Waals surface area contributed by atoms with Gasteiger partial charge in [0.15, 0.2) is 5.69 Å². The maximum atomic E-state index is 13.2. The van der Waals surface area contributed by atoms with Crippen LogP contribution in [0.4, 0.5) is 13.2 Å². The van der Waals surface area contributed by atoms with Crippen molar-refractivity contribution in [1.29, 1.82) is 0 Å². The molecule has 0 aliphatic heterocycles. The molecule has 0 aliphatic carbocycles. The van der Waals surface area contributed by atoms with Crippen molar-refractivity contribution in [3.05, 3.63) is 112 Å². The van der Waals surface area contributed by atoms with Crippen molar-refractivity contribution < 1.29 is 26.8 Å². The van der Waals surface area contributed by atoms with Crippen LogP contribution in [0, 0.1) is 0 Å². The van der Waals surface area contributed by atoms with Gasteiger partial charge in [0, 0.05) is 18.1 Å². The number of alkyl halides is 3. The summed E-state index contributed by atoms with van der Waals surface area (Å²) >= 11 is 6.10. The third-order valence-electron chi connectivity index (χ3n) is 5.10. The molecule has 35 heavy (non-hydrogen) atoms. The summed E-state index contributed by atoms with van der Waals surface area (Å²) in [5.74, 6) is 0.411. The molecule has 0 saturated heterocycles. The molecule has 182 valence electrons. The minimum atomic E-state index is -4.44. The maximum absolute atomic E-state index is 13.2. The van der Waals surface area contributed by atoms with Gasteiger partial charge in [0.2, 0.25) is 5.89 Å². The fraction of sp³-hybridized carbons (Fsp3) is 0.200. The predicted molar refractivity (Wildman–Crippen MR) is 122 cm³/mol. The molecule has 2 heterocycles. The lowest BCUT2D eigenvalue weighted by molar-refractivity contribution is -0.137. The van der Waals surface area contributed by atoms with Crippen LogP contribution in [0.5, 0.6) is 0 Å². The summed E-state index contributed by atoms with van der Waals surface area (Å²) in [6.07, 6.45) is -1.68. The van der Waals surface area contributed by atoms with E-state index in [1.54, 1.807) is 36.4 Å². The molecule has 0 unspecified atom stereocenters. The highest BCUT2D eigenvalue weighted by Gasteiger charge is 2.30. The Labute approximate surface area is 204 Å². The van der Waals surface area contributed by atoms with Gasteiger partial charge in [0.05, 0.1) is 24.9 Å². The molecule has 2 aromatic heterocycles. The zero-order valence-corrected chi connectivity index (χ0v) is 19.1. The van der Waals surface area contributed by atoms with E-state index in [4.69, 9.17) is 20.4 Å². The Morgan fingerprint density at radius 2 is 1.71 bits per heavy atom.